The number of ether oxygens (including phenoxy) is 1. The molecule has 2 atom stereocenters. The lowest BCUT2D eigenvalue weighted by molar-refractivity contribution is 0.119. The van der Waals surface area contributed by atoms with Crippen LogP contribution in [0.2, 0.25) is 0 Å². The van der Waals surface area contributed by atoms with Crippen LogP contribution >= 0.6 is 0 Å². The van der Waals surface area contributed by atoms with Gasteiger partial charge in [-0.25, -0.2) is 0 Å². The minimum atomic E-state index is -0.261. The molecule has 0 bridgehead atoms. The summed E-state index contributed by atoms with van der Waals surface area (Å²) in [5.74, 6) is 1.11. The van der Waals surface area contributed by atoms with Gasteiger partial charge in [0.25, 0.3) is 0 Å². The standard InChI is InChI=1S/C12H16O2/c1-2-5-11(13)10-8-14-12-7-4-3-6-9(10)12/h3-4,6-7,10-11,13H,2,5,8H2,1H3. The fourth-order valence-corrected chi connectivity index (χ4v) is 2.00. The van der Waals surface area contributed by atoms with Crippen LogP contribution in [0.25, 0.3) is 0 Å². The third kappa shape index (κ3) is 1.62. The van der Waals surface area contributed by atoms with Crippen LogP contribution in [0.15, 0.2) is 24.3 Å². The number of aliphatic hydroxyl groups is 1. The molecule has 0 fully saturated rings. The summed E-state index contributed by atoms with van der Waals surface area (Å²) in [6.45, 7) is 2.71. The first kappa shape index (κ1) is 9.53. The van der Waals surface area contributed by atoms with Crippen molar-refractivity contribution in [3.63, 3.8) is 0 Å². The van der Waals surface area contributed by atoms with Gasteiger partial charge in [-0.1, -0.05) is 31.5 Å². The van der Waals surface area contributed by atoms with E-state index in [1.807, 2.05) is 24.3 Å². The van der Waals surface area contributed by atoms with Crippen LogP contribution in [0.4, 0.5) is 0 Å². The highest BCUT2D eigenvalue weighted by molar-refractivity contribution is 5.40. The predicted molar refractivity (Wildman–Crippen MR) is 55.6 cm³/mol. The molecule has 0 radical (unpaired) electrons. The third-order valence-corrected chi connectivity index (χ3v) is 2.79. The van der Waals surface area contributed by atoms with Crippen molar-refractivity contribution in [3.05, 3.63) is 29.8 Å². The van der Waals surface area contributed by atoms with Crippen molar-refractivity contribution < 1.29 is 9.84 Å². The van der Waals surface area contributed by atoms with E-state index in [2.05, 4.69) is 6.92 Å². The summed E-state index contributed by atoms with van der Waals surface area (Å²) in [6.07, 6.45) is 1.60. The van der Waals surface area contributed by atoms with Gasteiger partial charge in [-0.15, -0.1) is 0 Å². The van der Waals surface area contributed by atoms with E-state index in [1.54, 1.807) is 0 Å². The van der Waals surface area contributed by atoms with Crippen LogP contribution in [0.5, 0.6) is 5.75 Å². The van der Waals surface area contributed by atoms with Gasteiger partial charge in [0.1, 0.15) is 5.75 Å². The minimum absolute atomic E-state index is 0.172. The maximum absolute atomic E-state index is 9.92. The van der Waals surface area contributed by atoms with Crippen molar-refractivity contribution in [1.82, 2.24) is 0 Å². The summed E-state index contributed by atoms with van der Waals surface area (Å²) in [4.78, 5) is 0. The average Bonchev–Trinajstić information content (AvgIpc) is 2.61. The fraction of sp³-hybridized carbons (Fsp3) is 0.500. The molecular formula is C12H16O2. The predicted octanol–water partition coefficient (Wildman–Crippen LogP) is 2.32. The first-order chi connectivity index (χ1) is 6.83. The van der Waals surface area contributed by atoms with Crippen molar-refractivity contribution in [2.24, 2.45) is 0 Å². The summed E-state index contributed by atoms with van der Waals surface area (Å²) in [6, 6.07) is 7.98. The van der Waals surface area contributed by atoms with E-state index in [9.17, 15) is 5.11 Å². The number of rotatable bonds is 3. The highest BCUT2D eigenvalue weighted by atomic mass is 16.5. The number of para-hydroxylation sites is 1. The molecule has 1 aromatic rings. The molecule has 2 rings (SSSR count). The van der Waals surface area contributed by atoms with Crippen molar-refractivity contribution in [2.75, 3.05) is 6.61 Å². The number of hydrogen-bond donors (Lipinski definition) is 1. The number of fused-ring (bicyclic) bond motifs is 1. The van der Waals surface area contributed by atoms with Gasteiger partial charge in [-0.3, -0.25) is 0 Å². The molecule has 2 unspecified atom stereocenters. The molecule has 2 heteroatoms. The van der Waals surface area contributed by atoms with Crippen LogP contribution in [0, 0.1) is 0 Å². The van der Waals surface area contributed by atoms with E-state index in [4.69, 9.17) is 4.74 Å². The quantitative estimate of drug-likeness (QED) is 0.796. The van der Waals surface area contributed by atoms with Gasteiger partial charge in [-0.05, 0) is 12.5 Å². The lowest BCUT2D eigenvalue weighted by Crippen LogP contribution is -2.19. The Morgan fingerprint density at radius 1 is 1.50 bits per heavy atom. The van der Waals surface area contributed by atoms with Crippen molar-refractivity contribution in [2.45, 2.75) is 31.8 Å². The maximum atomic E-state index is 9.92. The average molecular weight is 192 g/mol. The second kappa shape index (κ2) is 4.01. The lowest BCUT2D eigenvalue weighted by atomic mass is 9.93. The first-order valence-electron chi connectivity index (χ1n) is 5.22. The van der Waals surface area contributed by atoms with E-state index in [-0.39, 0.29) is 12.0 Å². The summed E-state index contributed by atoms with van der Waals surface area (Å²) in [5, 5.41) is 9.92. The van der Waals surface area contributed by atoms with Crippen molar-refractivity contribution >= 4 is 0 Å². The van der Waals surface area contributed by atoms with E-state index in [1.165, 1.54) is 0 Å². The highest BCUT2D eigenvalue weighted by Crippen LogP contribution is 2.36. The molecule has 14 heavy (non-hydrogen) atoms. The van der Waals surface area contributed by atoms with Gasteiger partial charge < -0.3 is 9.84 Å². The zero-order valence-electron chi connectivity index (χ0n) is 8.44. The van der Waals surface area contributed by atoms with Crippen LogP contribution in [-0.2, 0) is 0 Å². The molecule has 0 saturated carbocycles. The maximum Gasteiger partial charge on any atom is 0.123 e. The number of benzene rings is 1. The second-order valence-electron chi connectivity index (χ2n) is 3.81. The van der Waals surface area contributed by atoms with E-state index in [0.29, 0.717) is 6.61 Å². The number of aliphatic hydroxyl groups excluding tert-OH is 1. The molecule has 1 aliphatic heterocycles. The van der Waals surface area contributed by atoms with Crippen LogP contribution < -0.4 is 4.74 Å². The van der Waals surface area contributed by atoms with Gasteiger partial charge in [0.05, 0.1) is 12.7 Å². The smallest absolute Gasteiger partial charge is 0.123 e. The fourth-order valence-electron chi connectivity index (χ4n) is 2.00. The molecule has 0 amide bonds. The van der Waals surface area contributed by atoms with Gasteiger partial charge >= 0.3 is 0 Å². The van der Waals surface area contributed by atoms with Gasteiger partial charge in [0.2, 0.25) is 0 Å². The van der Waals surface area contributed by atoms with Crippen molar-refractivity contribution in [3.8, 4) is 5.75 Å². The number of hydrogen-bond acceptors (Lipinski definition) is 2. The molecule has 0 aliphatic carbocycles. The third-order valence-electron chi connectivity index (χ3n) is 2.79. The zero-order valence-corrected chi connectivity index (χ0v) is 8.44. The molecule has 1 heterocycles. The Morgan fingerprint density at radius 2 is 2.29 bits per heavy atom. The Kier molecular flexibility index (Phi) is 2.73. The first-order valence-corrected chi connectivity index (χ1v) is 5.22. The monoisotopic (exact) mass is 192 g/mol. The Balaban J connectivity index is 2.17. The van der Waals surface area contributed by atoms with Gasteiger partial charge in [0, 0.05) is 11.5 Å². The van der Waals surface area contributed by atoms with Crippen LogP contribution in [-0.4, -0.2) is 17.8 Å². The Bertz CT molecular complexity index is 309. The Hall–Kier alpha value is -1.02. The summed E-state index contributed by atoms with van der Waals surface area (Å²) >= 11 is 0. The van der Waals surface area contributed by atoms with E-state index in [0.717, 1.165) is 24.2 Å². The summed E-state index contributed by atoms with van der Waals surface area (Å²) in [5.41, 5.74) is 1.16. The molecule has 0 aromatic heterocycles. The minimum Gasteiger partial charge on any atom is -0.493 e. The summed E-state index contributed by atoms with van der Waals surface area (Å²) in [7, 11) is 0. The van der Waals surface area contributed by atoms with Gasteiger partial charge in [-0.2, -0.15) is 0 Å². The summed E-state index contributed by atoms with van der Waals surface area (Å²) < 4.78 is 5.52. The van der Waals surface area contributed by atoms with E-state index >= 15 is 0 Å². The normalized spacial score (nSPS) is 21.4. The van der Waals surface area contributed by atoms with Crippen molar-refractivity contribution in [1.29, 1.82) is 0 Å². The molecule has 1 aromatic carbocycles. The zero-order chi connectivity index (χ0) is 9.97. The molecule has 0 saturated heterocycles. The largest absolute Gasteiger partial charge is 0.493 e. The topological polar surface area (TPSA) is 29.5 Å². The molecular weight excluding hydrogens is 176 g/mol. The van der Waals surface area contributed by atoms with Crippen LogP contribution in [0.3, 0.4) is 0 Å². The SMILES string of the molecule is CCCC(O)C1COc2ccccc21. The molecule has 1 aliphatic rings. The molecule has 1 N–H and O–H groups in total. The van der Waals surface area contributed by atoms with E-state index < -0.39 is 0 Å². The lowest BCUT2D eigenvalue weighted by Gasteiger charge is -2.15. The Morgan fingerprint density at radius 3 is 3.07 bits per heavy atom. The Labute approximate surface area is 84.5 Å². The highest BCUT2D eigenvalue weighted by Gasteiger charge is 2.29. The van der Waals surface area contributed by atoms with Crippen LogP contribution in [0.1, 0.15) is 31.2 Å². The molecule has 76 valence electrons. The second-order valence-corrected chi connectivity index (χ2v) is 3.81. The van der Waals surface area contributed by atoms with Gasteiger partial charge in [0.15, 0.2) is 0 Å². The molecule has 0 spiro atoms. The molecule has 2 nitrogen and oxygen atoms in total.